The minimum atomic E-state index is -0.374. The lowest BCUT2D eigenvalue weighted by Gasteiger charge is -2.60. The van der Waals surface area contributed by atoms with E-state index >= 15 is 0 Å². The molecule has 2 aliphatic heterocycles. The molecule has 38 heavy (non-hydrogen) atoms. The number of aliphatic hydroxyl groups is 1. The van der Waals surface area contributed by atoms with Crippen molar-refractivity contribution in [2.75, 3.05) is 0 Å². The summed E-state index contributed by atoms with van der Waals surface area (Å²) in [5.41, 5.74) is 0.377. The molecule has 0 radical (unpaired) electrons. The topological polar surface area (TPSA) is 50.8 Å². The van der Waals surface area contributed by atoms with Crippen molar-refractivity contribution in [2.45, 2.75) is 211 Å². The average Bonchev–Trinajstić information content (AvgIpc) is 2.76. The van der Waals surface area contributed by atoms with Crippen LogP contribution >= 0.6 is 0 Å². The molecule has 0 aromatic heterocycles. The summed E-state index contributed by atoms with van der Waals surface area (Å²) in [6, 6.07) is 2.12. The van der Waals surface area contributed by atoms with Gasteiger partial charge in [-0.2, -0.15) is 0 Å². The van der Waals surface area contributed by atoms with Gasteiger partial charge in [0.15, 0.2) is 0 Å². The second-order valence-corrected chi connectivity index (χ2v) is 16.5. The van der Waals surface area contributed by atoms with Crippen molar-refractivity contribution in [3.05, 3.63) is 0 Å². The van der Waals surface area contributed by atoms with Gasteiger partial charge >= 0.3 is 0 Å². The highest BCUT2D eigenvalue weighted by atomic mass is 16.3. The van der Waals surface area contributed by atoms with Crippen LogP contribution in [0.3, 0.4) is 0 Å². The molecule has 0 aromatic carbocycles. The molecular weight excluding hydrogens is 468 g/mol. The molecule has 0 spiro atoms. The first-order chi connectivity index (χ1) is 17.6. The molecule has 5 heteroatoms. The molecule has 1 atom stereocenters. The third-order valence-electron chi connectivity index (χ3n) is 10.2. The highest BCUT2D eigenvalue weighted by Crippen LogP contribution is 2.42. The van der Waals surface area contributed by atoms with Crippen LogP contribution in [-0.4, -0.2) is 73.5 Å². The van der Waals surface area contributed by atoms with Gasteiger partial charge in [-0.1, -0.05) is 38.5 Å². The van der Waals surface area contributed by atoms with E-state index in [9.17, 15) is 5.11 Å². The van der Waals surface area contributed by atoms with Crippen LogP contribution in [0.15, 0.2) is 0 Å². The number of piperidine rings is 2. The van der Waals surface area contributed by atoms with Gasteiger partial charge in [-0.3, -0.25) is 9.80 Å². The first-order valence-corrected chi connectivity index (χ1v) is 16.4. The van der Waals surface area contributed by atoms with Crippen LogP contribution in [0, 0.1) is 0 Å². The van der Waals surface area contributed by atoms with Crippen molar-refractivity contribution < 1.29 is 5.11 Å². The zero-order valence-electron chi connectivity index (χ0n) is 26.7. The molecule has 4 rings (SSSR count). The minimum Gasteiger partial charge on any atom is -0.390 e. The summed E-state index contributed by atoms with van der Waals surface area (Å²) in [6.45, 7) is 21.3. The van der Waals surface area contributed by atoms with Crippen LogP contribution in [0.4, 0.5) is 0 Å². The van der Waals surface area contributed by atoms with E-state index in [1.807, 2.05) is 0 Å². The summed E-state index contributed by atoms with van der Waals surface area (Å²) < 4.78 is 0. The molecule has 2 saturated heterocycles. The summed E-state index contributed by atoms with van der Waals surface area (Å²) >= 11 is 0. The van der Waals surface area contributed by atoms with Gasteiger partial charge in [0.1, 0.15) is 0 Å². The Hall–Kier alpha value is -0.200. The van der Waals surface area contributed by atoms with Crippen molar-refractivity contribution in [3.63, 3.8) is 0 Å². The van der Waals surface area contributed by atoms with E-state index in [2.05, 4.69) is 82.7 Å². The SMILES string of the molecule is CC(O)C(N(C1CCCCC1)C1CC(C)(C)NC(C)(C)C1)N(C1CCCCC1)C1CC(C)(C)NC(C)(C)C1. The first-order valence-electron chi connectivity index (χ1n) is 16.4. The minimum absolute atomic E-state index is 0.0885. The standard InChI is InChI=1S/C33H64N4O/c1-24(38)29(36(25-16-12-10-13-17-25)27-20-30(2,3)34-31(4,5)21-27)37(26-18-14-11-15-19-26)28-22-32(6,7)35-33(8,9)23-28/h24-29,34-35,38H,10-23H2,1-9H3. The lowest BCUT2D eigenvalue weighted by atomic mass is 9.76. The zero-order valence-corrected chi connectivity index (χ0v) is 26.7. The largest absolute Gasteiger partial charge is 0.390 e. The van der Waals surface area contributed by atoms with Gasteiger partial charge in [-0.25, -0.2) is 0 Å². The van der Waals surface area contributed by atoms with Gasteiger partial charge in [-0.15, -0.1) is 0 Å². The molecule has 2 heterocycles. The maximum atomic E-state index is 11.9. The predicted molar refractivity (Wildman–Crippen MR) is 162 cm³/mol. The smallest absolute Gasteiger partial charge is 0.0897 e. The molecule has 0 bridgehead atoms. The Morgan fingerprint density at radius 3 is 1.08 bits per heavy atom. The van der Waals surface area contributed by atoms with Gasteiger partial charge in [0.05, 0.1) is 12.3 Å². The predicted octanol–water partition coefficient (Wildman–Crippen LogP) is 6.58. The third kappa shape index (κ3) is 7.55. The van der Waals surface area contributed by atoms with Gasteiger partial charge in [-0.05, 0) is 114 Å². The molecule has 5 nitrogen and oxygen atoms in total. The van der Waals surface area contributed by atoms with Gasteiger partial charge in [0.2, 0.25) is 0 Å². The highest BCUT2D eigenvalue weighted by Gasteiger charge is 2.50. The molecule has 3 N–H and O–H groups in total. The monoisotopic (exact) mass is 533 g/mol. The second-order valence-electron chi connectivity index (χ2n) is 16.5. The fourth-order valence-electron chi connectivity index (χ4n) is 9.83. The number of hydrogen-bond donors (Lipinski definition) is 3. The van der Waals surface area contributed by atoms with E-state index in [0.717, 1.165) is 25.7 Å². The molecule has 0 amide bonds. The van der Waals surface area contributed by atoms with Crippen molar-refractivity contribution in [3.8, 4) is 0 Å². The molecule has 222 valence electrons. The number of hydrogen-bond acceptors (Lipinski definition) is 5. The van der Waals surface area contributed by atoms with E-state index in [1.54, 1.807) is 0 Å². The fourth-order valence-corrected chi connectivity index (χ4v) is 9.83. The molecule has 4 fully saturated rings. The van der Waals surface area contributed by atoms with E-state index in [0.29, 0.717) is 24.2 Å². The Kier molecular flexibility index (Phi) is 9.38. The zero-order chi connectivity index (χ0) is 27.9. The lowest BCUT2D eigenvalue weighted by molar-refractivity contribution is -0.144. The quantitative estimate of drug-likeness (QED) is 0.323. The maximum absolute atomic E-state index is 11.9. The van der Waals surface area contributed by atoms with E-state index in [-0.39, 0.29) is 34.4 Å². The Bertz CT molecular complexity index is 671. The molecular formula is C33H64N4O. The summed E-state index contributed by atoms with van der Waals surface area (Å²) in [4.78, 5) is 5.87. The molecule has 4 aliphatic rings. The van der Waals surface area contributed by atoms with E-state index in [4.69, 9.17) is 0 Å². The summed E-state index contributed by atoms with van der Waals surface area (Å²) in [5.74, 6) is 0. The van der Waals surface area contributed by atoms with Crippen LogP contribution in [0.25, 0.3) is 0 Å². The van der Waals surface area contributed by atoms with Gasteiger partial charge < -0.3 is 15.7 Å². The number of aliphatic hydroxyl groups excluding tert-OH is 1. The molecule has 0 aromatic rings. The van der Waals surface area contributed by atoms with Crippen molar-refractivity contribution in [1.82, 2.24) is 20.4 Å². The fraction of sp³-hybridized carbons (Fsp3) is 1.00. The normalized spacial score (nSPS) is 30.2. The maximum Gasteiger partial charge on any atom is 0.0897 e. The Labute approximate surface area is 236 Å². The highest BCUT2D eigenvalue weighted by molar-refractivity contribution is 5.07. The Balaban J connectivity index is 1.79. The van der Waals surface area contributed by atoms with Crippen molar-refractivity contribution in [2.24, 2.45) is 0 Å². The number of rotatable bonds is 7. The van der Waals surface area contributed by atoms with Crippen LogP contribution in [0.1, 0.15) is 152 Å². The average molecular weight is 533 g/mol. The van der Waals surface area contributed by atoms with Crippen LogP contribution in [0.2, 0.25) is 0 Å². The van der Waals surface area contributed by atoms with Crippen LogP contribution in [-0.2, 0) is 0 Å². The van der Waals surface area contributed by atoms with E-state index < -0.39 is 0 Å². The summed E-state index contributed by atoms with van der Waals surface area (Å²) in [5, 5.41) is 19.8. The third-order valence-corrected chi connectivity index (χ3v) is 10.2. The van der Waals surface area contributed by atoms with Gasteiger partial charge in [0, 0.05) is 46.3 Å². The second kappa shape index (κ2) is 11.6. The molecule has 2 aliphatic carbocycles. The number of nitrogens with one attached hydrogen (secondary N) is 2. The molecule has 2 saturated carbocycles. The Morgan fingerprint density at radius 1 is 0.526 bits per heavy atom. The van der Waals surface area contributed by atoms with Crippen LogP contribution < -0.4 is 10.6 Å². The van der Waals surface area contributed by atoms with Gasteiger partial charge in [0.25, 0.3) is 0 Å². The van der Waals surface area contributed by atoms with Crippen molar-refractivity contribution >= 4 is 0 Å². The number of nitrogens with zero attached hydrogens (tertiary/aromatic N) is 2. The lowest BCUT2D eigenvalue weighted by Crippen LogP contribution is -2.72. The van der Waals surface area contributed by atoms with Crippen LogP contribution in [0.5, 0.6) is 0 Å². The molecule has 1 unspecified atom stereocenters. The Morgan fingerprint density at radius 2 is 0.816 bits per heavy atom. The summed E-state index contributed by atoms with van der Waals surface area (Å²) in [6.07, 6.45) is 17.6. The first kappa shape index (κ1) is 30.8. The van der Waals surface area contributed by atoms with E-state index in [1.165, 1.54) is 64.2 Å². The summed E-state index contributed by atoms with van der Waals surface area (Å²) in [7, 11) is 0. The van der Waals surface area contributed by atoms with Crippen molar-refractivity contribution in [1.29, 1.82) is 0 Å².